The Balaban J connectivity index is 4.08. The van der Waals surface area contributed by atoms with Crippen LogP contribution in [0.25, 0.3) is 0 Å². The number of carbonyl (C=O) groups is 1. The Morgan fingerprint density at radius 1 is 0.844 bits per heavy atom. The molecule has 0 aromatic rings. The quantitative estimate of drug-likeness (QED) is 0.0921. The number of hydrogen-bond acceptors (Lipinski definition) is 1. The van der Waals surface area contributed by atoms with E-state index in [2.05, 4.69) is 93.9 Å². The van der Waals surface area contributed by atoms with Gasteiger partial charge < -0.3 is 5.11 Å². The van der Waals surface area contributed by atoms with E-state index >= 15 is 0 Å². The van der Waals surface area contributed by atoms with E-state index in [0.29, 0.717) is 6.42 Å². The van der Waals surface area contributed by atoms with Gasteiger partial charge in [-0.25, -0.2) is 0 Å². The number of unbranched alkanes of at least 4 members (excludes halogenated alkanes) is 1. The Bertz CT molecular complexity index is 675. The van der Waals surface area contributed by atoms with Crippen LogP contribution in [0.1, 0.15) is 106 Å². The molecule has 0 aromatic carbocycles. The average Bonchev–Trinajstić information content (AvgIpc) is 2.70. The van der Waals surface area contributed by atoms with Gasteiger partial charge in [0.05, 0.1) is 0 Å². The maximum absolute atomic E-state index is 10.8. The Labute approximate surface area is 206 Å². The number of hydrogen-bond donors (Lipinski definition) is 1. The highest BCUT2D eigenvalue weighted by molar-refractivity contribution is 9.10. The fourth-order valence-corrected chi connectivity index (χ4v) is 3.80. The zero-order valence-electron chi connectivity index (χ0n) is 21.4. The minimum absolute atomic E-state index is 0.435. The molecule has 0 rings (SSSR count). The van der Waals surface area contributed by atoms with E-state index in [0.717, 1.165) is 31.6 Å². The van der Waals surface area contributed by atoms with Crippen LogP contribution >= 0.6 is 15.9 Å². The van der Waals surface area contributed by atoms with Crippen molar-refractivity contribution in [1.29, 1.82) is 0 Å². The van der Waals surface area contributed by atoms with E-state index in [-0.39, 0.29) is 0 Å². The van der Waals surface area contributed by atoms with Crippen molar-refractivity contribution in [2.24, 2.45) is 5.92 Å². The van der Waals surface area contributed by atoms with Gasteiger partial charge in [-0.2, -0.15) is 0 Å². The second kappa shape index (κ2) is 19.1. The second-order valence-electron chi connectivity index (χ2n) is 9.50. The van der Waals surface area contributed by atoms with E-state index in [1.807, 2.05) is 0 Å². The summed E-state index contributed by atoms with van der Waals surface area (Å²) in [4.78, 5) is 10.4. The topological polar surface area (TPSA) is 37.3 Å². The van der Waals surface area contributed by atoms with Crippen molar-refractivity contribution in [2.75, 3.05) is 0 Å². The van der Waals surface area contributed by atoms with Crippen LogP contribution in [0.4, 0.5) is 0 Å². The molecule has 2 unspecified atom stereocenters. The Morgan fingerprint density at radius 2 is 1.47 bits per heavy atom. The van der Waals surface area contributed by atoms with Crippen LogP contribution in [0.15, 0.2) is 58.7 Å². The standard InChI is InChI=1S/C29H47BrO2/c1-23(2)13-9-16-26(5)19-10-17-24(3)14-7-8-15-25(4)18-11-20-27(6)21-12-22-28(30)29(31)32/h11,13-15,18,20,26,28H,7-10,12,16-17,19,21-22H2,1-6H3,(H,31,32). The van der Waals surface area contributed by atoms with E-state index < -0.39 is 10.8 Å². The van der Waals surface area contributed by atoms with Gasteiger partial charge in [-0.3, -0.25) is 4.79 Å². The van der Waals surface area contributed by atoms with Crippen molar-refractivity contribution in [2.45, 2.75) is 111 Å². The summed E-state index contributed by atoms with van der Waals surface area (Å²) in [6.07, 6.45) is 24.5. The van der Waals surface area contributed by atoms with Gasteiger partial charge in [-0.05, 0) is 98.3 Å². The van der Waals surface area contributed by atoms with Crippen LogP contribution in [0, 0.1) is 5.92 Å². The summed E-state index contributed by atoms with van der Waals surface area (Å²) < 4.78 is 0. The van der Waals surface area contributed by atoms with Crippen molar-refractivity contribution in [3.05, 3.63) is 58.7 Å². The molecule has 0 aliphatic carbocycles. The fraction of sp³-hybridized carbons (Fsp3) is 0.621. The molecule has 0 heterocycles. The average molecular weight is 508 g/mol. The highest BCUT2D eigenvalue weighted by Crippen LogP contribution is 2.18. The number of halogens is 1. The molecule has 182 valence electrons. The molecule has 1 N–H and O–H groups in total. The molecule has 32 heavy (non-hydrogen) atoms. The van der Waals surface area contributed by atoms with Gasteiger partial charge in [0.1, 0.15) is 4.83 Å². The predicted octanol–water partition coefficient (Wildman–Crippen LogP) is 9.73. The molecule has 0 aliphatic rings. The number of carboxylic acid groups (broad SMARTS) is 1. The third-order valence-electron chi connectivity index (χ3n) is 5.64. The lowest BCUT2D eigenvalue weighted by atomic mass is 9.96. The highest BCUT2D eigenvalue weighted by Gasteiger charge is 2.11. The number of alkyl halides is 1. The number of allylic oxidation sites excluding steroid dienone is 10. The lowest BCUT2D eigenvalue weighted by molar-refractivity contribution is -0.136. The van der Waals surface area contributed by atoms with Crippen LogP contribution in [0.2, 0.25) is 0 Å². The molecule has 3 heteroatoms. The first-order chi connectivity index (χ1) is 15.1. The second-order valence-corrected chi connectivity index (χ2v) is 10.6. The summed E-state index contributed by atoms with van der Waals surface area (Å²) in [6, 6.07) is 0. The van der Waals surface area contributed by atoms with Crippen LogP contribution in [0.3, 0.4) is 0 Å². The molecule has 0 aromatic heterocycles. The molecule has 0 aliphatic heterocycles. The Morgan fingerprint density at radius 3 is 2.12 bits per heavy atom. The molecule has 0 bridgehead atoms. The number of carboxylic acids is 1. The maximum atomic E-state index is 10.8. The summed E-state index contributed by atoms with van der Waals surface area (Å²) in [5, 5.41) is 8.88. The van der Waals surface area contributed by atoms with Gasteiger partial charge in [0, 0.05) is 0 Å². The predicted molar refractivity (Wildman–Crippen MR) is 146 cm³/mol. The Kier molecular flexibility index (Phi) is 18.3. The first-order valence-electron chi connectivity index (χ1n) is 12.3. The lowest BCUT2D eigenvalue weighted by Gasteiger charge is -2.10. The van der Waals surface area contributed by atoms with E-state index in [9.17, 15) is 4.79 Å². The molecule has 0 spiro atoms. The molecule has 0 saturated carbocycles. The summed E-state index contributed by atoms with van der Waals surface area (Å²) in [6.45, 7) is 13.3. The smallest absolute Gasteiger partial charge is 0.317 e. The van der Waals surface area contributed by atoms with Gasteiger partial charge >= 0.3 is 5.97 Å². The minimum atomic E-state index is -0.780. The minimum Gasteiger partial charge on any atom is -0.480 e. The van der Waals surface area contributed by atoms with Crippen molar-refractivity contribution in [3.8, 4) is 0 Å². The van der Waals surface area contributed by atoms with E-state index in [1.54, 1.807) is 0 Å². The monoisotopic (exact) mass is 506 g/mol. The first kappa shape index (κ1) is 30.6. The van der Waals surface area contributed by atoms with Crippen molar-refractivity contribution in [1.82, 2.24) is 0 Å². The van der Waals surface area contributed by atoms with Gasteiger partial charge in [0.25, 0.3) is 0 Å². The highest BCUT2D eigenvalue weighted by atomic mass is 79.9. The zero-order chi connectivity index (χ0) is 24.4. The molecular weight excluding hydrogens is 460 g/mol. The third-order valence-corrected chi connectivity index (χ3v) is 6.49. The van der Waals surface area contributed by atoms with Crippen LogP contribution < -0.4 is 0 Å². The van der Waals surface area contributed by atoms with E-state index in [4.69, 9.17) is 5.11 Å². The van der Waals surface area contributed by atoms with Crippen molar-refractivity contribution >= 4 is 21.9 Å². The normalized spacial score (nSPS) is 15.2. The van der Waals surface area contributed by atoms with Crippen molar-refractivity contribution < 1.29 is 9.90 Å². The van der Waals surface area contributed by atoms with Gasteiger partial charge in [-0.15, -0.1) is 0 Å². The summed E-state index contributed by atoms with van der Waals surface area (Å²) in [7, 11) is 0. The molecular formula is C29H47BrO2. The SMILES string of the molecule is CC(C)=CCCC(C)CCCC(C)=CCCC=C(C)C=CC=C(C)CCCC(Br)C(=O)O. The number of aliphatic carboxylic acids is 1. The van der Waals surface area contributed by atoms with Gasteiger partial charge in [-0.1, -0.05) is 88.0 Å². The van der Waals surface area contributed by atoms with Crippen LogP contribution in [-0.2, 0) is 4.79 Å². The molecule has 2 nitrogen and oxygen atoms in total. The largest absolute Gasteiger partial charge is 0.480 e. The van der Waals surface area contributed by atoms with Crippen LogP contribution in [-0.4, -0.2) is 15.9 Å². The molecule has 0 fully saturated rings. The molecule has 2 atom stereocenters. The zero-order valence-corrected chi connectivity index (χ0v) is 23.0. The Hall–Kier alpha value is -1.35. The number of rotatable bonds is 17. The maximum Gasteiger partial charge on any atom is 0.317 e. The molecule has 0 radical (unpaired) electrons. The lowest BCUT2D eigenvalue weighted by Crippen LogP contribution is -2.11. The van der Waals surface area contributed by atoms with Gasteiger partial charge in [0.15, 0.2) is 0 Å². The molecule has 0 amide bonds. The summed E-state index contributed by atoms with van der Waals surface area (Å²) in [5.41, 5.74) is 5.52. The first-order valence-corrected chi connectivity index (χ1v) is 13.2. The van der Waals surface area contributed by atoms with E-state index in [1.165, 1.54) is 54.4 Å². The molecule has 0 saturated heterocycles. The van der Waals surface area contributed by atoms with Crippen molar-refractivity contribution in [3.63, 3.8) is 0 Å². The van der Waals surface area contributed by atoms with Crippen LogP contribution in [0.5, 0.6) is 0 Å². The summed E-state index contributed by atoms with van der Waals surface area (Å²) >= 11 is 3.19. The third kappa shape index (κ3) is 19.3. The fourth-order valence-electron chi connectivity index (χ4n) is 3.47. The summed E-state index contributed by atoms with van der Waals surface area (Å²) in [5.74, 6) is 0.0390. The van der Waals surface area contributed by atoms with Gasteiger partial charge in [0.2, 0.25) is 0 Å².